The van der Waals surface area contributed by atoms with Crippen molar-refractivity contribution >= 4 is 23.2 Å². The molecule has 1 aliphatic heterocycles. The van der Waals surface area contributed by atoms with Gasteiger partial charge in [0.2, 0.25) is 0 Å². The highest BCUT2D eigenvalue weighted by Crippen LogP contribution is 2.20. The number of aromatic nitrogens is 1. The Morgan fingerprint density at radius 3 is 2.78 bits per heavy atom. The minimum Gasteiger partial charge on any atom is -0.357 e. The summed E-state index contributed by atoms with van der Waals surface area (Å²) in [5, 5.41) is 10.1. The SMILES string of the molecule is CN(C)C(CNC(=O)NCc1ccnc(N2CCCCC2)c1)c1ccsc1. The summed E-state index contributed by atoms with van der Waals surface area (Å²) in [7, 11) is 4.06. The number of thiophene rings is 1. The summed E-state index contributed by atoms with van der Waals surface area (Å²) in [6.45, 7) is 3.21. The molecule has 3 heterocycles. The summed E-state index contributed by atoms with van der Waals surface area (Å²) < 4.78 is 0. The van der Waals surface area contributed by atoms with Crippen molar-refractivity contribution in [2.75, 3.05) is 38.6 Å². The van der Waals surface area contributed by atoms with Crippen molar-refractivity contribution in [2.45, 2.75) is 31.8 Å². The molecule has 27 heavy (non-hydrogen) atoms. The zero-order valence-electron chi connectivity index (χ0n) is 16.1. The molecule has 0 bridgehead atoms. The van der Waals surface area contributed by atoms with E-state index in [1.165, 1.54) is 24.8 Å². The van der Waals surface area contributed by atoms with Crippen molar-refractivity contribution in [2.24, 2.45) is 0 Å². The Bertz CT molecular complexity index is 713. The zero-order chi connectivity index (χ0) is 19.1. The highest BCUT2D eigenvalue weighted by atomic mass is 32.1. The second kappa shape index (κ2) is 9.71. The molecule has 0 spiro atoms. The number of amides is 2. The predicted molar refractivity (Wildman–Crippen MR) is 111 cm³/mol. The molecule has 2 aromatic heterocycles. The Kier molecular flexibility index (Phi) is 7.06. The molecule has 6 nitrogen and oxygen atoms in total. The van der Waals surface area contributed by atoms with E-state index in [2.05, 4.69) is 48.3 Å². The van der Waals surface area contributed by atoms with Gasteiger partial charge in [-0.15, -0.1) is 0 Å². The first-order chi connectivity index (χ1) is 13.1. The fraction of sp³-hybridized carbons (Fsp3) is 0.500. The van der Waals surface area contributed by atoms with Crippen LogP contribution in [0.4, 0.5) is 10.6 Å². The van der Waals surface area contributed by atoms with E-state index in [0.717, 1.165) is 24.5 Å². The van der Waals surface area contributed by atoms with Crippen molar-refractivity contribution in [3.05, 3.63) is 46.3 Å². The average Bonchev–Trinajstić information content (AvgIpc) is 3.21. The zero-order valence-corrected chi connectivity index (χ0v) is 17.0. The van der Waals surface area contributed by atoms with Gasteiger partial charge in [0.15, 0.2) is 0 Å². The van der Waals surface area contributed by atoms with Gasteiger partial charge in [-0.25, -0.2) is 9.78 Å². The molecule has 2 amide bonds. The lowest BCUT2D eigenvalue weighted by molar-refractivity contribution is 0.232. The maximum absolute atomic E-state index is 12.2. The molecule has 0 aromatic carbocycles. The number of anilines is 1. The van der Waals surface area contributed by atoms with Crippen LogP contribution in [-0.2, 0) is 6.54 Å². The summed E-state index contributed by atoms with van der Waals surface area (Å²) in [5.41, 5.74) is 2.30. The lowest BCUT2D eigenvalue weighted by Crippen LogP contribution is -2.40. The van der Waals surface area contributed by atoms with Gasteiger partial charge in [0.05, 0.1) is 6.04 Å². The third-order valence-corrected chi connectivity index (χ3v) is 5.65. The molecular formula is C20H29N5OS. The van der Waals surface area contributed by atoms with Crippen LogP contribution in [0.2, 0.25) is 0 Å². The molecule has 1 aliphatic rings. The number of carbonyl (C=O) groups excluding carboxylic acids is 1. The number of rotatable bonds is 7. The maximum atomic E-state index is 12.2. The first-order valence-electron chi connectivity index (χ1n) is 9.53. The number of hydrogen-bond donors (Lipinski definition) is 2. The summed E-state index contributed by atoms with van der Waals surface area (Å²) in [5.74, 6) is 1.01. The van der Waals surface area contributed by atoms with E-state index in [-0.39, 0.29) is 12.1 Å². The highest BCUT2D eigenvalue weighted by Gasteiger charge is 2.16. The van der Waals surface area contributed by atoms with E-state index in [0.29, 0.717) is 13.1 Å². The molecule has 146 valence electrons. The fourth-order valence-electron chi connectivity index (χ4n) is 3.36. The van der Waals surface area contributed by atoms with E-state index >= 15 is 0 Å². The third kappa shape index (κ3) is 5.68. The minimum absolute atomic E-state index is 0.145. The van der Waals surface area contributed by atoms with Crippen molar-refractivity contribution in [3.63, 3.8) is 0 Å². The van der Waals surface area contributed by atoms with E-state index in [9.17, 15) is 4.79 Å². The minimum atomic E-state index is -0.145. The highest BCUT2D eigenvalue weighted by molar-refractivity contribution is 7.07. The van der Waals surface area contributed by atoms with Crippen LogP contribution in [-0.4, -0.2) is 49.6 Å². The van der Waals surface area contributed by atoms with E-state index in [1.54, 1.807) is 11.3 Å². The summed E-state index contributed by atoms with van der Waals surface area (Å²) in [6.07, 6.45) is 5.59. The van der Waals surface area contributed by atoms with Gasteiger partial charge in [-0.05, 0) is 73.4 Å². The molecule has 1 atom stereocenters. The monoisotopic (exact) mass is 387 g/mol. The molecule has 3 rings (SSSR count). The lowest BCUT2D eigenvalue weighted by atomic mass is 10.1. The molecule has 7 heteroatoms. The summed E-state index contributed by atoms with van der Waals surface area (Å²) in [6, 6.07) is 6.18. The van der Waals surface area contributed by atoms with Gasteiger partial charge >= 0.3 is 6.03 Å². The van der Waals surface area contributed by atoms with Crippen molar-refractivity contribution in [1.29, 1.82) is 0 Å². The second-order valence-corrected chi connectivity index (χ2v) is 7.95. The van der Waals surface area contributed by atoms with Crippen LogP contribution in [0.15, 0.2) is 35.2 Å². The van der Waals surface area contributed by atoms with Gasteiger partial charge < -0.3 is 20.4 Å². The molecule has 2 N–H and O–H groups in total. The standard InChI is InChI=1S/C20H29N5OS/c1-24(2)18(17-7-11-27-15-17)14-23-20(26)22-13-16-6-8-21-19(12-16)25-9-4-3-5-10-25/h6-8,11-12,15,18H,3-5,9-10,13-14H2,1-2H3,(H2,22,23,26). The quantitative estimate of drug-likeness (QED) is 0.766. The third-order valence-electron chi connectivity index (χ3n) is 4.95. The summed E-state index contributed by atoms with van der Waals surface area (Å²) in [4.78, 5) is 21.2. The smallest absolute Gasteiger partial charge is 0.315 e. The number of likely N-dealkylation sites (N-methyl/N-ethyl adjacent to an activating group) is 1. The fourth-order valence-corrected chi connectivity index (χ4v) is 4.07. The van der Waals surface area contributed by atoms with Gasteiger partial charge in [0.25, 0.3) is 0 Å². The second-order valence-electron chi connectivity index (χ2n) is 7.17. The van der Waals surface area contributed by atoms with Crippen LogP contribution in [0, 0.1) is 0 Å². The van der Waals surface area contributed by atoms with Crippen LogP contribution in [0.5, 0.6) is 0 Å². The van der Waals surface area contributed by atoms with Gasteiger partial charge in [-0.3, -0.25) is 0 Å². The number of urea groups is 1. The van der Waals surface area contributed by atoms with Crippen molar-refractivity contribution < 1.29 is 4.79 Å². The van der Waals surface area contributed by atoms with Gasteiger partial charge in [0, 0.05) is 32.4 Å². The normalized spacial score (nSPS) is 15.6. The van der Waals surface area contributed by atoms with Crippen LogP contribution in [0.1, 0.15) is 36.4 Å². The maximum Gasteiger partial charge on any atom is 0.315 e. The summed E-state index contributed by atoms with van der Waals surface area (Å²) >= 11 is 1.68. The number of hydrogen-bond acceptors (Lipinski definition) is 5. The largest absolute Gasteiger partial charge is 0.357 e. The first kappa shape index (κ1) is 19.6. The molecule has 1 saturated heterocycles. The Morgan fingerprint density at radius 1 is 1.26 bits per heavy atom. The van der Waals surface area contributed by atoms with Crippen LogP contribution in [0.25, 0.3) is 0 Å². The Morgan fingerprint density at radius 2 is 2.07 bits per heavy atom. The molecule has 0 saturated carbocycles. The van der Waals surface area contributed by atoms with Crippen molar-refractivity contribution in [3.8, 4) is 0 Å². The van der Waals surface area contributed by atoms with E-state index in [4.69, 9.17) is 0 Å². The number of nitrogens with zero attached hydrogens (tertiary/aromatic N) is 3. The Balaban J connectivity index is 1.49. The van der Waals surface area contributed by atoms with Crippen molar-refractivity contribution in [1.82, 2.24) is 20.5 Å². The van der Waals surface area contributed by atoms with Crippen LogP contribution in [0.3, 0.4) is 0 Å². The lowest BCUT2D eigenvalue weighted by Gasteiger charge is -2.28. The molecule has 0 aliphatic carbocycles. The number of piperidine rings is 1. The van der Waals surface area contributed by atoms with Gasteiger partial charge in [-0.1, -0.05) is 0 Å². The average molecular weight is 388 g/mol. The van der Waals surface area contributed by atoms with E-state index < -0.39 is 0 Å². The molecule has 1 unspecified atom stereocenters. The Hall–Kier alpha value is -2.12. The van der Waals surface area contributed by atoms with Crippen LogP contribution < -0.4 is 15.5 Å². The van der Waals surface area contributed by atoms with E-state index in [1.807, 2.05) is 26.4 Å². The number of nitrogens with one attached hydrogen (secondary N) is 2. The predicted octanol–water partition coefficient (Wildman–Crippen LogP) is 3.24. The Labute approximate surface area is 165 Å². The topological polar surface area (TPSA) is 60.5 Å². The first-order valence-corrected chi connectivity index (χ1v) is 10.5. The molecule has 0 radical (unpaired) electrons. The molecule has 1 fully saturated rings. The van der Waals surface area contributed by atoms with Crippen LogP contribution >= 0.6 is 11.3 Å². The molecule has 2 aromatic rings. The van der Waals surface area contributed by atoms with Gasteiger partial charge in [0.1, 0.15) is 5.82 Å². The number of carbonyl (C=O) groups is 1. The number of pyridine rings is 1. The van der Waals surface area contributed by atoms with Gasteiger partial charge in [-0.2, -0.15) is 11.3 Å². The molecular weight excluding hydrogens is 358 g/mol.